The summed E-state index contributed by atoms with van der Waals surface area (Å²) in [6.45, 7) is 1.88. The van der Waals surface area contributed by atoms with Crippen molar-refractivity contribution in [3.63, 3.8) is 0 Å². The highest BCUT2D eigenvalue weighted by atomic mass is 16.5. The molecule has 0 saturated carbocycles. The van der Waals surface area contributed by atoms with Crippen LogP contribution in [0.3, 0.4) is 0 Å². The first-order chi connectivity index (χ1) is 14.2. The highest BCUT2D eigenvalue weighted by Crippen LogP contribution is 2.27. The maximum atomic E-state index is 13.2. The first kappa shape index (κ1) is 19.2. The molecule has 5 heteroatoms. The molecule has 1 amide bonds. The summed E-state index contributed by atoms with van der Waals surface area (Å²) in [5.41, 5.74) is 2.72. The summed E-state index contributed by atoms with van der Waals surface area (Å²) in [6, 6.07) is 19.8. The van der Waals surface area contributed by atoms with Gasteiger partial charge in [-0.05, 0) is 31.4 Å². The molecule has 0 saturated heterocycles. The minimum atomic E-state index is -0.0329. The summed E-state index contributed by atoms with van der Waals surface area (Å²) in [4.78, 5) is 19.7. The number of rotatable bonds is 6. The zero-order valence-electron chi connectivity index (χ0n) is 16.9. The van der Waals surface area contributed by atoms with Crippen LogP contribution in [0.2, 0.25) is 0 Å². The van der Waals surface area contributed by atoms with Gasteiger partial charge in [-0.3, -0.25) is 4.79 Å². The molecule has 1 aliphatic rings. The Balaban J connectivity index is 1.53. The first-order valence-electron chi connectivity index (χ1n) is 10.3. The molecular weight excluding hydrogens is 362 g/mol. The Bertz CT molecular complexity index is 951. The minimum Gasteiger partial charge on any atom is -0.492 e. The van der Waals surface area contributed by atoms with Gasteiger partial charge in [0.25, 0.3) is 5.91 Å². The van der Waals surface area contributed by atoms with E-state index in [0.29, 0.717) is 18.8 Å². The number of imidazole rings is 1. The van der Waals surface area contributed by atoms with E-state index in [1.807, 2.05) is 55.6 Å². The van der Waals surface area contributed by atoms with Gasteiger partial charge in [-0.15, -0.1) is 0 Å². The summed E-state index contributed by atoms with van der Waals surface area (Å²) < 4.78 is 8.00. The second-order valence-corrected chi connectivity index (χ2v) is 7.45. The normalized spacial score (nSPS) is 13.4. The van der Waals surface area contributed by atoms with Crippen molar-refractivity contribution in [1.29, 1.82) is 0 Å². The number of likely N-dealkylation sites (N-methyl/N-ethyl adjacent to an activating group) is 1. The number of benzene rings is 2. The number of nitrogens with zero attached hydrogens (tertiary/aromatic N) is 3. The number of para-hydroxylation sites is 1. The number of amides is 1. The van der Waals surface area contributed by atoms with E-state index in [0.717, 1.165) is 48.6 Å². The smallest absolute Gasteiger partial charge is 0.274 e. The Morgan fingerprint density at radius 3 is 2.52 bits per heavy atom. The topological polar surface area (TPSA) is 47.4 Å². The van der Waals surface area contributed by atoms with Crippen molar-refractivity contribution < 1.29 is 9.53 Å². The lowest BCUT2D eigenvalue weighted by molar-refractivity contribution is 0.0767. The van der Waals surface area contributed by atoms with E-state index < -0.39 is 0 Å². The molecule has 5 nitrogen and oxygen atoms in total. The largest absolute Gasteiger partial charge is 0.492 e. The van der Waals surface area contributed by atoms with Crippen LogP contribution in [0.4, 0.5) is 0 Å². The zero-order chi connectivity index (χ0) is 20.1. The summed E-state index contributed by atoms with van der Waals surface area (Å²) in [6.07, 6.45) is 4.30. The van der Waals surface area contributed by atoms with Crippen LogP contribution in [0, 0.1) is 0 Å². The van der Waals surface area contributed by atoms with E-state index in [9.17, 15) is 4.79 Å². The van der Waals surface area contributed by atoms with Gasteiger partial charge in [-0.1, -0.05) is 55.0 Å². The molecule has 0 N–H and O–H groups in total. The van der Waals surface area contributed by atoms with Crippen LogP contribution >= 0.6 is 0 Å². The van der Waals surface area contributed by atoms with E-state index in [4.69, 9.17) is 9.72 Å². The molecule has 0 radical (unpaired) electrons. The van der Waals surface area contributed by atoms with Gasteiger partial charge in [0.05, 0.1) is 12.2 Å². The third-order valence-corrected chi connectivity index (χ3v) is 5.39. The van der Waals surface area contributed by atoms with Crippen molar-refractivity contribution in [2.45, 2.75) is 32.2 Å². The molecule has 29 heavy (non-hydrogen) atoms. The molecule has 1 aliphatic heterocycles. The molecular formula is C24H27N3O2. The average molecular weight is 389 g/mol. The van der Waals surface area contributed by atoms with Crippen LogP contribution in [0.15, 0.2) is 60.7 Å². The number of hydrogen-bond acceptors (Lipinski definition) is 3. The maximum absolute atomic E-state index is 13.2. The summed E-state index contributed by atoms with van der Waals surface area (Å²) in [5.74, 6) is 1.69. The molecule has 1 aromatic heterocycles. The van der Waals surface area contributed by atoms with Gasteiger partial charge in [0.15, 0.2) is 0 Å². The van der Waals surface area contributed by atoms with Gasteiger partial charge in [0, 0.05) is 19.2 Å². The zero-order valence-corrected chi connectivity index (χ0v) is 16.9. The van der Waals surface area contributed by atoms with E-state index in [1.165, 1.54) is 6.42 Å². The monoisotopic (exact) mass is 389 g/mol. The predicted octanol–water partition coefficient (Wildman–Crippen LogP) is 4.43. The van der Waals surface area contributed by atoms with Crippen LogP contribution in [-0.4, -0.2) is 40.6 Å². The van der Waals surface area contributed by atoms with Crippen LogP contribution < -0.4 is 4.74 Å². The van der Waals surface area contributed by atoms with Gasteiger partial charge in [-0.2, -0.15) is 0 Å². The molecule has 2 aromatic carbocycles. The lowest BCUT2D eigenvalue weighted by Gasteiger charge is -2.17. The highest BCUT2D eigenvalue weighted by Gasteiger charge is 2.26. The standard InChI is InChI=1S/C24H27N3O2/c1-26(17-18-29-20-13-7-3-8-14-20)24(28)22-21-15-9-4-10-16-27(21)23(25-22)19-11-5-2-6-12-19/h2-3,5-8,11-14H,4,9-10,15-18H2,1H3. The molecule has 3 aromatic rings. The fourth-order valence-corrected chi connectivity index (χ4v) is 3.80. The number of fused-ring (bicyclic) bond motifs is 1. The third kappa shape index (κ3) is 4.34. The van der Waals surface area contributed by atoms with Crippen LogP contribution in [0.1, 0.15) is 35.4 Å². The van der Waals surface area contributed by atoms with Gasteiger partial charge in [0.2, 0.25) is 0 Å². The number of aromatic nitrogens is 2. The van der Waals surface area contributed by atoms with E-state index in [-0.39, 0.29) is 5.91 Å². The first-order valence-corrected chi connectivity index (χ1v) is 10.3. The summed E-state index contributed by atoms with van der Waals surface area (Å²) in [5, 5.41) is 0. The van der Waals surface area contributed by atoms with E-state index in [1.54, 1.807) is 4.90 Å². The Morgan fingerprint density at radius 2 is 1.76 bits per heavy atom. The van der Waals surface area contributed by atoms with Crippen molar-refractivity contribution in [2.75, 3.05) is 20.2 Å². The highest BCUT2D eigenvalue weighted by molar-refractivity contribution is 5.94. The number of hydrogen-bond donors (Lipinski definition) is 0. The van der Waals surface area contributed by atoms with Crippen molar-refractivity contribution in [1.82, 2.24) is 14.5 Å². The van der Waals surface area contributed by atoms with Gasteiger partial charge in [0.1, 0.15) is 23.9 Å². The maximum Gasteiger partial charge on any atom is 0.274 e. The lowest BCUT2D eigenvalue weighted by atomic mass is 10.1. The Hall–Kier alpha value is -3.08. The SMILES string of the molecule is CN(CCOc1ccccc1)C(=O)c1nc(-c2ccccc2)n2c1CCCCC2. The fourth-order valence-electron chi connectivity index (χ4n) is 3.80. The molecule has 0 aliphatic carbocycles. The van der Waals surface area contributed by atoms with E-state index in [2.05, 4.69) is 16.7 Å². The van der Waals surface area contributed by atoms with Gasteiger partial charge >= 0.3 is 0 Å². The van der Waals surface area contributed by atoms with Gasteiger partial charge < -0.3 is 14.2 Å². The lowest BCUT2D eigenvalue weighted by Crippen LogP contribution is -2.32. The third-order valence-electron chi connectivity index (χ3n) is 5.39. The van der Waals surface area contributed by atoms with Crippen LogP contribution in [0.25, 0.3) is 11.4 Å². The predicted molar refractivity (Wildman–Crippen MR) is 114 cm³/mol. The Morgan fingerprint density at radius 1 is 1.03 bits per heavy atom. The average Bonchev–Trinajstić information content (AvgIpc) is 2.95. The summed E-state index contributed by atoms with van der Waals surface area (Å²) >= 11 is 0. The molecule has 0 unspecified atom stereocenters. The molecule has 4 rings (SSSR count). The molecule has 0 bridgehead atoms. The minimum absolute atomic E-state index is 0.0329. The van der Waals surface area contributed by atoms with Gasteiger partial charge in [-0.25, -0.2) is 4.98 Å². The van der Waals surface area contributed by atoms with Crippen LogP contribution in [0.5, 0.6) is 5.75 Å². The second kappa shape index (κ2) is 8.95. The Labute approximate surface area is 171 Å². The number of carbonyl (C=O) groups is 1. The molecule has 2 heterocycles. The van der Waals surface area contributed by atoms with Crippen molar-refractivity contribution >= 4 is 5.91 Å². The number of carbonyl (C=O) groups excluding carboxylic acids is 1. The molecule has 0 atom stereocenters. The van der Waals surface area contributed by atoms with Crippen molar-refractivity contribution in [2.24, 2.45) is 0 Å². The van der Waals surface area contributed by atoms with Crippen molar-refractivity contribution in [3.8, 4) is 17.1 Å². The number of ether oxygens (including phenoxy) is 1. The van der Waals surface area contributed by atoms with E-state index >= 15 is 0 Å². The second-order valence-electron chi connectivity index (χ2n) is 7.45. The summed E-state index contributed by atoms with van der Waals surface area (Å²) in [7, 11) is 1.82. The Kier molecular flexibility index (Phi) is 5.94. The quantitative estimate of drug-likeness (QED) is 0.627. The molecule has 150 valence electrons. The van der Waals surface area contributed by atoms with Crippen molar-refractivity contribution in [3.05, 3.63) is 72.1 Å². The molecule has 0 spiro atoms. The van der Waals surface area contributed by atoms with Crippen LogP contribution in [-0.2, 0) is 13.0 Å². The molecule has 0 fully saturated rings. The fraction of sp³-hybridized carbons (Fsp3) is 0.333.